The van der Waals surface area contributed by atoms with Crippen molar-refractivity contribution < 1.29 is 19.1 Å². The van der Waals surface area contributed by atoms with E-state index >= 15 is 0 Å². The number of aliphatic hydroxyl groups excluding tert-OH is 1. The fourth-order valence-corrected chi connectivity index (χ4v) is 3.13. The third-order valence-corrected chi connectivity index (χ3v) is 4.40. The molecule has 0 spiro atoms. The van der Waals surface area contributed by atoms with E-state index in [1.54, 1.807) is 19.2 Å². The Morgan fingerprint density at radius 3 is 2.84 bits per heavy atom. The highest BCUT2D eigenvalue weighted by Gasteiger charge is 2.17. The third-order valence-electron chi connectivity index (χ3n) is 4.40. The summed E-state index contributed by atoms with van der Waals surface area (Å²) in [6.45, 7) is 5.77. The molecule has 2 aromatic rings. The SMILES string of the molecule is CCC[C@@H](O)C[NH+](CCOC)Cc1cccn1Cc1cccc(F)c1. The van der Waals surface area contributed by atoms with E-state index < -0.39 is 0 Å². The van der Waals surface area contributed by atoms with Gasteiger partial charge in [0.15, 0.2) is 0 Å². The van der Waals surface area contributed by atoms with E-state index in [4.69, 9.17) is 4.74 Å². The lowest BCUT2D eigenvalue weighted by atomic mass is 10.2. The first-order valence-corrected chi connectivity index (χ1v) is 9.01. The van der Waals surface area contributed by atoms with Crippen molar-refractivity contribution in [2.45, 2.75) is 39.0 Å². The zero-order valence-electron chi connectivity index (χ0n) is 15.2. The first-order valence-electron chi connectivity index (χ1n) is 9.01. The van der Waals surface area contributed by atoms with E-state index in [1.807, 2.05) is 18.3 Å². The van der Waals surface area contributed by atoms with Crippen molar-refractivity contribution in [1.29, 1.82) is 0 Å². The summed E-state index contributed by atoms with van der Waals surface area (Å²) in [5, 5.41) is 10.2. The number of nitrogens with one attached hydrogen (secondary N) is 1. The molecular formula is C20H30FN2O2+. The van der Waals surface area contributed by atoms with E-state index in [2.05, 4.69) is 17.6 Å². The van der Waals surface area contributed by atoms with Crippen LogP contribution in [0.4, 0.5) is 4.39 Å². The average molecular weight is 349 g/mol. The quantitative estimate of drug-likeness (QED) is 0.650. The smallest absolute Gasteiger partial charge is 0.123 e. The lowest BCUT2D eigenvalue weighted by molar-refractivity contribution is -0.917. The predicted octanol–water partition coefficient (Wildman–Crippen LogP) is 1.87. The van der Waals surface area contributed by atoms with Gasteiger partial charge in [0.25, 0.3) is 0 Å². The summed E-state index contributed by atoms with van der Waals surface area (Å²) in [4.78, 5) is 1.29. The van der Waals surface area contributed by atoms with Gasteiger partial charge in [-0.05, 0) is 36.2 Å². The normalized spacial score (nSPS) is 13.8. The Morgan fingerprint density at radius 2 is 2.12 bits per heavy atom. The Kier molecular flexibility index (Phi) is 8.12. The molecular weight excluding hydrogens is 319 g/mol. The molecule has 25 heavy (non-hydrogen) atoms. The number of rotatable bonds is 11. The molecule has 138 valence electrons. The van der Waals surface area contributed by atoms with Crippen LogP contribution in [0.15, 0.2) is 42.6 Å². The van der Waals surface area contributed by atoms with Crippen LogP contribution in [0.3, 0.4) is 0 Å². The van der Waals surface area contributed by atoms with Gasteiger partial charge in [-0.25, -0.2) is 4.39 Å². The monoisotopic (exact) mass is 349 g/mol. The molecule has 0 saturated carbocycles. The molecule has 2 rings (SSSR count). The molecule has 0 fully saturated rings. The second kappa shape index (κ2) is 10.3. The van der Waals surface area contributed by atoms with Crippen molar-refractivity contribution in [3.63, 3.8) is 0 Å². The summed E-state index contributed by atoms with van der Waals surface area (Å²) in [5.74, 6) is -0.207. The molecule has 2 N–H and O–H groups in total. The summed E-state index contributed by atoms with van der Waals surface area (Å²) in [6.07, 6.45) is 3.54. The van der Waals surface area contributed by atoms with Gasteiger partial charge in [-0.15, -0.1) is 0 Å². The topological polar surface area (TPSA) is 38.8 Å². The number of hydrogen-bond donors (Lipinski definition) is 2. The highest BCUT2D eigenvalue weighted by atomic mass is 19.1. The van der Waals surface area contributed by atoms with Crippen LogP contribution in [0, 0.1) is 5.82 Å². The zero-order valence-corrected chi connectivity index (χ0v) is 15.2. The largest absolute Gasteiger partial charge is 0.387 e. The summed E-state index contributed by atoms with van der Waals surface area (Å²) < 4.78 is 20.8. The molecule has 0 amide bonds. The van der Waals surface area contributed by atoms with Crippen molar-refractivity contribution >= 4 is 0 Å². The van der Waals surface area contributed by atoms with Gasteiger partial charge in [0, 0.05) is 19.9 Å². The lowest BCUT2D eigenvalue weighted by Crippen LogP contribution is -3.12. The van der Waals surface area contributed by atoms with E-state index in [9.17, 15) is 9.50 Å². The van der Waals surface area contributed by atoms with Gasteiger partial charge in [-0.1, -0.05) is 25.5 Å². The summed E-state index contributed by atoms with van der Waals surface area (Å²) in [5.41, 5.74) is 2.13. The first kappa shape index (κ1) is 19.6. The molecule has 1 heterocycles. The number of aliphatic hydroxyl groups is 1. The Hall–Kier alpha value is -1.69. The van der Waals surface area contributed by atoms with Crippen LogP contribution in [0.5, 0.6) is 0 Å². The molecule has 1 aromatic heterocycles. The van der Waals surface area contributed by atoms with Gasteiger partial charge in [-0.3, -0.25) is 0 Å². The number of benzene rings is 1. The Balaban J connectivity index is 2.04. The summed E-state index contributed by atoms with van der Waals surface area (Å²) >= 11 is 0. The second-order valence-electron chi connectivity index (χ2n) is 6.57. The Labute approximate surface area is 149 Å². The van der Waals surface area contributed by atoms with Crippen molar-refractivity contribution in [3.05, 3.63) is 59.7 Å². The number of aromatic nitrogens is 1. The van der Waals surface area contributed by atoms with Gasteiger partial charge in [0.1, 0.15) is 31.6 Å². The highest BCUT2D eigenvalue weighted by Crippen LogP contribution is 2.09. The van der Waals surface area contributed by atoms with Crippen molar-refractivity contribution in [2.75, 3.05) is 26.8 Å². The van der Waals surface area contributed by atoms with E-state index in [0.717, 1.165) is 31.5 Å². The first-order chi connectivity index (χ1) is 12.1. The Morgan fingerprint density at radius 1 is 1.28 bits per heavy atom. The van der Waals surface area contributed by atoms with Gasteiger partial charge < -0.3 is 19.3 Å². The van der Waals surface area contributed by atoms with Crippen molar-refractivity contribution in [2.24, 2.45) is 0 Å². The van der Waals surface area contributed by atoms with Gasteiger partial charge in [-0.2, -0.15) is 0 Å². The predicted molar refractivity (Wildman–Crippen MR) is 97.1 cm³/mol. The fraction of sp³-hybridized carbons (Fsp3) is 0.500. The molecule has 1 aromatic carbocycles. The zero-order chi connectivity index (χ0) is 18.1. The lowest BCUT2D eigenvalue weighted by Gasteiger charge is -2.23. The molecule has 2 atom stereocenters. The molecule has 5 heteroatoms. The molecule has 1 unspecified atom stereocenters. The maximum atomic E-state index is 13.4. The number of nitrogens with zero attached hydrogens (tertiary/aromatic N) is 1. The number of quaternary nitrogens is 1. The number of hydrogen-bond acceptors (Lipinski definition) is 2. The maximum absolute atomic E-state index is 13.4. The molecule has 0 bridgehead atoms. The van der Waals surface area contributed by atoms with Gasteiger partial charge in [0.2, 0.25) is 0 Å². The fourth-order valence-electron chi connectivity index (χ4n) is 3.13. The second-order valence-corrected chi connectivity index (χ2v) is 6.57. The van der Waals surface area contributed by atoms with Crippen molar-refractivity contribution in [1.82, 2.24) is 4.57 Å². The van der Waals surface area contributed by atoms with Crippen molar-refractivity contribution in [3.8, 4) is 0 Å². The van der Waals surface area contributed by atoms with E-state index in [0.29, 0.717) is 19.7 Å². The minimum atomic E-state index is -0.288. The minimum absolute atomic E-state index is 0.207. The summed E-state index contributed by atoms with van der Waals surface area (Å²) in [7, 11) is 1.70. The number of ether oxygens (including phenoxy) is 1. The molecule has 0 aliphatic carbocycles. The van der Waals surface area contributed by atoms with Crippen LogP contribution < -0.4 is 4.90 Å². The summed E-state index contributed by atoms with van der Waals surface area (Å²) in [6, 6.07) is 10.8. The minimum Gasteiger partial charge on any atom is -0.387 e. The number of methoxy groups -OCH3 is 1. The molecule has 0 aliphatic rings. The van der Waals surface area contributed by atoms with Gasteiger partial charge in [0.05, 0.1) is 12.3 Å². The highest BCUT2D eigenvalue weighted by molar-refractivity contribution is 5.18. The average Bonchev–Trinajstić information content (AvgIpc) is 2.99. The van der Waals surface area contributed by atoms with Crippen LogP contribution in [-0.2, 0) is 17.8 Å². The maximum Gasteiger partial charge on any atom is 0.123 e. The standard InChI is InChI=1S/C20H29FN2O2/c1-3-6-20(24)16-22(11-12-25-2)15-19-9-5-10-23(19)14-17-7-4-8-18(21)13-17/h4-5,7-10,13,20,24H,3,6,11-12,14-16H2,1-2H3/p+1/t20-/m1/s1. The van der Waals surface area contributed by atoms with Crippen LogP contribution in [0.1, 0.15) is 31.0 Å². The Bertz CT molecular complexity index is 630. The van der Waals surface area contributed by atoms with Crippen LogP contribution in [-0.4, -0.2) is 42.6 Å². The third kappa shape index (κ3) is 6.61. The number of halogens is 1. The van der Waals surface area contributed by atoms with Crippen LogP contribution in [0.2, 0.25) is 0 Å². The molecule has 0 radical (unpaired) electrons. The van der Waals surface area contributed by atoms with E-state index in [-0.39, 0.29) is 11.9 Å². The molecule has 0 saturated heterocycles. The molecule has 4 nitrogen and oxygen atoms in total. The van der Waals surface area contributed by atoms with Crippen LogP contribution in [0.25, 0.3) is 0 Å². The van der Waals surface area contributed by atoms with Gasteiger partial charge >= 0.3 is 0 Å². The van der Waals surface area contributed by atoms with E-state index in [1.165, 1.54) is 16.7 Å². The molecule has 0 aliphatic heterocycles. The van der Waals surface area contributed by atoms with Crippen LogP contribution >= 0.6 is 0 Å².